The van der Waals surface area contributed by atoms with Crippen molar-refractivity contribution in [1.29, 1.82) is 0 Å². The first-order valence-corrected chi connectivity index (χ1v) is 9.85. The van der Waals surface area contributed by atoms with Gasteiger partial charge in [-0.3, -0.25) is 4.79 Å². The monoisotopic (exact) mass is 364 g/mol. The maximum Gasteiger partial charge on any atom is 0.224 e. The van der Waals surface area contributed by atoms with Crippen molar-refractivity contribution in [3.63, 3.8) is 0 Å². The highest BCUT2D eigenvalue weighted by molar-refractivity contribution is 5.85. The second-order valence-electron chi connectivity index (χ2n) is 7.81. The van der Waals surface area contributed by atoms with Gasteiger partial charge in [-0.25, -0.2) is 4.98 Å². The summed E-state index contributed by atoms with van der Waals surface area (Å²) in [5, 5.41) is 3.37. The molecule has 1 aromatic carbocycles. The molecule has 0 spiro atoms. The van der Waals surface area contributed by atoms with Crippen LogP contribution in [0.4, 0.5) is 0 Å². The number of pyridine rings is 1. The normalized spacial score (nSPS) is 26.6. The quantitative estimate of drug-likeness (QED) is 0.883. The Balaban J connectivity index is 1.33. The average molecular weight is 364 g/mol. The summed E-state index contributed by atoms with van der Waals surface area (Å²) in [5.74, 6) is 2.33. The van der Waals surface area contributed by atoms with E-state index in [0.29, 0.717) is 30.9 Å². The Hall–Kier alpha value is -2.56. The second-order valence-corrected chi connectivity index (χ2v) is 7.81. The second kappa shape index (κ2) is 6.25. The standard InChI is InChI=1S/C22H24N2O3/c1-2-26-18-9-8-14(12-23-18)22(10-5-11-22)24-21(25)20-16-13-27-17-7-4-3-6-15(17)19(16)20/h3-4,6-9,12,16,19-20H,2,5,10-11,13H2,1H3,(H,24,25). The van der Waals surface area contributed by atoms with E-state index in [1.54, 1.807) is 0 Å². The van der Waals surface area contributed by atoms with E-state index in [4.69, 9.17) is 9.47 Å². The molecule has 1 aliphatic heterocycles. The summed E-state index contributed by atoms with van der Waals surface area (Å²) in [6, 6.07) is 12.0. The molecule has 3 atom stereocenters. The van der Waals surface area contributed by atoms with Crippen molar-refractivity contribution >= 4 is 5.91 Å². The third-order valence-electron chi connectivity index (χ3n) is 6.33. The average Bonchev–Trinajstić information content (AvgIpc) is 3.41. The largest absolute Gasteiger partial charge is 0.493 e. The van der Waals surface area contributed by atoms with Gasteiger partial charge in [0, 0.05) is 24.1 Å². The minimum Gasteiger partial charge on any atom is -0.493 e. The summed E-state index contributed by atoms with van der Waals surface area (Å²) >= 11 is 0. The van der Waals surface area contributed by atoms with Crippen LogP contribution in [0.5, 0.6) is 11.6 Å². The molecule has 140 valence electrons. The Kier molecular flexibility index (Phi) is 3.85. The third-order valence-corrected chi connectivity index (χ3v) is 6.33. The maximum atomic E-state index is 13.1. The van der Waals surface area contributed by atoms with Gasteiger partial charge < -0.3 is 14.8 Å². The molecule has 1 aromatic heterocycles. The number of benzene rings is 1. The predicted octanol–water partition coefficient (Wildman–Crippen LogP) is 3.40. The van der Waals surface area contributed by atoms with Crippen LogP contribution in [0.2, 0.25) is 0 Å². The van der Waals surface area contributed by atoms with Crippen LogP contribution < -0.4 is 14.8 Å². The number of hydrogen-bond acceptors (Lipinski definition) is 4. The van der Waals surface area contributed by atoms with Crippen LogP contribution in [0.25, 0.3) is 0 Å². The number of fused-ring (bicyclic) bond motifs is 3. The van der Waals surface area contributed by atoms with Crippen LogP contribution in [-0.2, 0) is 10.3 Å². The number of aromatic nitrogens is 1. The highest BCUT2D eigenvalue weighted by Crippen LogP contribution is 2.59. The fourth-order valence-corrected chi connectivity index (χ4v) is 4.67. The highest BCUT2D eigenvalue weighted by atomic mass is 16.5. The molecule has 5 heteroatoms. The van der Waals surface area contributed by atoms with Crippen molar-refractivity contribution in [3.8, 4) is 11.6 Å². The fourth-order valence-electron chi connectivity index (χ4n) is 4.67. The van der Waals surface area contributed by atoms with Gasteiger partial charge in [-0.15, -0.1) is 0 Å². The molecule has 2 aliphatic carbocycles. The molecule has 3 aliphatic rings. The van der Waals surface area contributed by atoms with Crippen molar-refractivity contribution < 1.29 is 14.3 Å². The molecule has 0 bridgehead atoms. The molecule has 0 radical (unpaired) electrons. The number of nitrogens with one attached hydrogen (secondary N) is 1. The van der Waals surface area contributed by atoms with E-state index in [0.717, 1.165) is 30.6 Å². The molecule has 2 saturated carbocycles. The van der Waals surface area contributed by atoms with Crippen LogP contribution in [0.1, 0.15) is 43.2 Å². The van der Waals surface area contributed by atoms with Crippen LogP contribution in [0.15, 0.2) is 42.6 Å². The van der Waals surface area contributed by atoms with Gasteiger partial charge in [0.25, 0.3) is 0 Å². The van der Waals surface area contributed by atoms with Crippen LogP contribution in [0, 0.1) is 11.8 Å². The minimum absolute atomic E-state index is 0.0155. The first kappa shape index (κ1) is 16.6. The number of rotatable bonds is 5. The number of carbonyl (C=O) groups is 1. The van der Waals surface area contributed by atoms with Crippen molar-refractivity contribution in [1.82, 2.24) is 10.3 Å². The van der Waals surface area contributed by atoms with Crippen LogP contribution in [0.3, 0.4) is 0 Å². The Morgan fingerprint density at radius 1 is 1.30 bits per heavy atom. The first-order valence-electron chi connectivity index (χ1n) is 9.85. The van der Waals surface area contributed by atoms with E-state index in [1.807, 2.05) is 43.5 Å². The Labute approximate surface area is 159 Å². The molecule has 5 nitrogen and oxygen atoms in total. The SMILES string of the molecule is CCOc1ccc(C2(NC(=O)C3C4COc5ccccc5C43)CCC2)cn1. The molecule has 2 heterocycles. The van der Waals surface area contributed by atoms with E-state index in [1.165, 1.54) is 5.56 Å². The number of carbonyl (C=O) groups excluding carboxylic acids is 1. The number of nitrogens with zero attached hydrogens (tertiary/aromatic N) is 1. The molecule has 3 unspecified atom stereocenters. The summed E-state index contributed by atoms with van der Waals surface area (Å²) in [6.45, 7) is 3.18. The van der Waals surface area contributed by atoms with Gasteiger partial charge in [-0.1, -0.05) is 18.2 Å². The summed E-state index contributed by atoms with van der Waals surface area (Å²) < 4.78 is 11.3. The summed E-state index contributed by atoms with van der Waals surface area (Å²) in [4.78, 5) is 17.5. The van der Waals surface area contributed by atoms with Gasteiger partial charge >= 0.3 is 0 Å². The van der Waals surface area contributed by atoms with E-state index in [2.05, 4.69) is 16.4 Å². The molecule has 2 fully saturated rings. The summed E-state index contributed by atoms with van der Waals surface area (Å²) in [6.07, 6.45) is 4.90. The van der Waals surface area contributed by atoms with Crippen molar-refractivity contribution in [2.24, 2.45) is 11.8 Å². The molecule has 0 saturated heterocycles. The van der Waals surface area contributed by atoms with Gasteiger partial charge in [0.05, 0.1) is 24.7 Å². The minimum atomic E-state index is -0.277. The zero-order valence-corrected chi connectivity index (χ0v) is 15.5. The predicted molar refractivity (Wildman–Crippen MR) is 101 cm³/mol. The van der Waals surface area contributed by atoms with E-state index >= 15 is 0 Å². The number of para-hydroxylation sites is 1. The van der Waals surface area contributed by atoms with E-state index in [9.17, 15) is 4.79 Å². The van der Waals surface area contributed by atoms with Gasteiger partial charge in [0.1, 0.15) is 5.75 Å². The van der Waals surface area contributed by atoms with Crippen LogP contribution >= 0.6 is 0 Å². The lowest BCUT2D eigenvalue weighted by Crippen LogP contribution is -2.51. The van der Waals surface area contributed by atoms with Crippen molar-refractivity contribution in [3.05, 3.63) is 53.7 Å². The number of ether oxygens (including phenoxy) is 2. The lowest BCUT2D eigenvalue weighted by atomic mass is 9.72. The van der Waals surface area contributed by atoms with Gasteiger partial charge in [0.15, 0.2) is 0 Å². The third kappa shape index (κ3) is 2.68. The number of hydrogen-bond donors (Lipinski definition) is 1. The zero-order valence-electron chi connectivity index (χ0n) is 15.5. The Bertz CT molecular complexity index is 860. The lowest BCUT2D eigenvalue weighted by molar-refractivity contribution is -0.126. The molecular weight excluding hydrogens is 340 g/mol. The molecule has 27 heavy (non-hydrogen) atoms. The smallest absolute Gasteiger partial charge is 0.224 e. The molecular formula is C22H24N2O3. The molecule has 2 aromatic rings. The molecule has 1 amide bonds. The summed E-state index contributed by atoms with van der Waals surface area (Å²) in [7, 11) is 0. The lowest BCUT2D eigenvalue weighted by Gasteiger charge is -2.43. The Morgan fingerprint density at radius 3 is 2.85 bits per heavy atom. The van der Waals surface area contributed by atoms with Crippen LogP contribution in [-0.4, -0.2) is 24.1 Å². The van der Waals surface area contributed by atoms with Gasteiger partial charge in [-0.05, 0) is 49.4 Å². The van der Waals surface area contributed by atoms with E-state index in [-0.39, 0.29) is 17.4 Å². The maximum absolute atomic E-state index is 13.1. The van der Waals surface area contributed by atoms with E-state index < -0.39 is 0 Å². The topological polar surface area (TPSA) is 60.5 Å². The highest BCUT2D eigenvalue weighted by Gasteiger charge is 2.59. The molecule has 5 rings (SSSR count). The van der Waals surface area contributed by atoms with Crippen molar-refractivity contribution in [2.45, 2.75) is 37.6 Å². The molecule has 1 N–H and O–H groups in total. The zero-order chi connectivity index (χ0) is 18.4. The Morgan fingerprint density at radius 2 is 2.15 bits per heavy atom. The summed E-state index contributed by atoms with van der Waals surface area (Å²) in [5.41, 5.74) is 1.98. The van der Waals surface area contributed by atoms with Gasteiger partial charge in [-0.2, -0.15) is 0 Å². The fraction of sp³-hybridized carbons (Fsp3) is 0.455. The van der Waals surface area contributed by atoms with Gasteiger partial charge in [0.2, 0.25) is 11.8 Å². The first-order chi connectivity index (χ1) is 13.2. The van der Waals surface area contributed by atoms with Crippen molar-refractivity contribution in [2.75, 3.05) is 13.2 Å². The number of amides is 1.